The first-order valence-electron chi connectivity index (χ1n) is 8.21. The highest BCUT2D eigenvalue weighted by molar-refractivity contribution is 6.33. The van der Waals surface area contributed by atoms with E-state index < -0.39 is 0 Å². The highest BCUT2D eigenvalue weighted by Gasteiger charge is 2.39. The Morgan fingerprint density at radius 2 is 2.08 bits per heavy atom. The molecule has 5 nitrogen and oxygen atoms in total. The zero-order valence-corrected chi connectivity index (χ0v) is 15.7. The van der Waals surface area contributed by atoms with Crippen LogP contribution in [0, 0.1) is 5.92 Å². The molecule has 3 fully saturated rings. The molecule has 1 aromatic rings. The Hall–Kier alpha value is -1.17. The molecule has 0 radical (unpaired) electrons. The average Bonchev–Trinajstić information content (AvgIpc) is 2.58. The van der Waals surface area contributed by atoms with Crippen molar-refractivity contribution >= 4 is 35.6 Å². The number of carbonyl (C=O) groups excluding carboxylic acids is 1. The van der Waals surface area contributed by atoms with Crippen molar-refractivity contribution in [2.45, 2.75) is 25.8 Å². The number of halogens is 2. The zero-order chi connectivity index (χ0) is 16.6. The summed E-state index contributed by atoms with van der Waals surface area (Å²) in [5.41, 5.74) is 6.74. The van der Waals surface area contributed by atoms with Gasteiger partial charge in [0.2, 0.25) is 0 Å². The van der Waals surface area contributed by atoms with Crippen LogP contribution in [-0.2, 0) is 0 Å². The van der Waals surface area contributed by atoms with Crippen LogP contribution in [0.5, 0.6) is 5.75 Å². The summed E-state index contributed by atoms with van der Waals surface area (Å²) in [6, 6.07) is 3.53. The standard InChI is InChI=1S/C17H24ClN3O2.ClH/c1-3-21(15-10-20-6-4-11(15)5-7-20)17(22)12-8-13(18)14(19)9-16(12)23-2;/h8-9,11,15H,3-7,10,19H2,1-2H3;1H. The number of nitrogens with zero attached hydrogens (tertiary/aromatic N) is 2. The predicted molar refractivity (Wildman–Crippen MR) is 99.3 cm³/mol. The number of nitrogens with two attached hydrogens (primary N) is 1. The second-order valence-electron chi connectivity index (χ2n) is 6.37. The zero-order valence-electron chi connectivity index (χ0n) is 14.1. The second-order valence-corrected chi connectivity index (χ2v) is 6.78. The van der Waals surface area contributed by atoms with E-state index in [0.717, 1.165) is 19.6 Å². The number of benzene rings is 1. The quantitative estimate of drug-likeness (QED) is 0.824. The minimum Gasteiger partial charge on any atom is -0.496 e. The van der Waals surface area contributed by atoms with Gasteiger partial charge in [0, 0.05) is 25.2 Å². The van der Waals surface area contributed by atoms with Crippen LogP contribution in [0.25, 0.3) is 0 Å². The Kier molecular flexibility index (Phi) is 6.23. The molecule has 134 valence electrons. The molecule has 0 saturated carbocycles. The molecule has 2 N–H and O–H groups in total. The van der Waals surface area contributed by atoms with Gasteiger partial charge in [0.1, 0.15) is 5.75 Å². The van der Waals surface area contributed by atoms with Gasteiger partial charge in [0.05, 0.1) is 23.4 Å². The molecule has 3 aliphatic heterocycles. The first-order valence-corrected chi connectivity index (χ1v) is 8.59. The molecule has 24 heavy (non-hydrogen) atoms. The Labute approximate surface area is 154 Å². The Morgan fingerprint density at radius 1 is 1.42 bits per heavy atom. The Morgan fingerprint density at radius 3 is 2.58 bits per heavy atom. The summed E-state index contributed by atoms with van der Waals surface area (Å²) in [4.78, 5) is 17.5. The maximum Gasteiger partial charge on any atom is 0.257 e. The van der Waals surface area contributed by atoms with E-state index in [4.69, 9.17) is 22.1 Å². The molecular formula is C17H25Cl2N3O2. The number of ether oxygens (including phenoxy) is 1. The molecule has 3 aliphatic rings. The summed E-state index contributed by atoms with van der Waals surface area (Å²) in [7, 11) is 1.55. The fourth-order valence-corrected chi connectivity index (χ4v) is 4.04. The summed E-state index contributed by atoms with van der Waals surface area (Å²) in [5.74, 6) is 1.06. The number of nitrogen functional groups attached to an aromatic ring is 1. The third-order valence-electron chi connectivity index (χ3n) is 5.17. The highest BCUT2D eigenvalue weighted by atomic mass is 35.5. The second kappa shape index (κ2) is 7.81. The number of fused-ring (bicyclic) bond motifs is 3. The summed E-state index contributed by atoms with van der Waals surface area (Å²) >= 11 is 6.12. The van der Waals surface area contributed by atoms with Crippen molar-refractivity contribution in [3.05, 3.63) is 22.7 Å². The van der Waals surface area contributed by atoms with Crippen molar-refractivity contribution in [3.8, 4) is 5.75 Å². The summed E-state index contributed by atoms with van der Waals surface area (Å²) in [6.07, 6.45) is 2.35. The van der Waals surface area contributed by atoms with Crippen molar-refractivity contribution in [2.75, 3.05) is 39.0 Å². The average molecular weight is 374 g/mol. The molecule has 0 spiro atoms. The molecule has 1 amide bonds. The number of rotatable bonds is 4. The minimum absolute atomic E-state index is 0. The van der Waals surface area contributed by atoms with Crippen molar-refractivity contribution in [3.63, 3.8) is 0 Å². The minimum atomic E-state index is -0.0231. The molecule has 3 heterocycles. The molecule has 2 bridgehead atoms. The van der Waals surface area contributed by atoms with Crippen molar-refractivity contribution < 1.29 is 9.53 Å². The molecule has 4 rings (SSSR count). The maximum absolute atomic E-state index is 13.1. The summed E-state index contributed by atoms with van der Waals surface area (Å²) in [5, 5.41) is 0.388. The number of piperidine rings is 3. The number of amides is 1. The lowest BCUT2D eigenvalue weighted by atomic mass is 9.83. The molecule has 1 unspecified atom stereocenters. The van der Waals surface area contributed by atoms with Gasteiger partial charge in [0.25, 0.3) is 5.91 Å². The van der Waals surface area contributed by atoms with Gasteiger partial charge in [-0.1, -0.05) is 11.6 Å². The fourth-order valence-electron chi connectivity index (χ4n) is 3.88. The van der Waals surface area contributed by atoms with Gasteiger partial charge in [-0.3, -0.25) is 4.79 Å². The lowest BCUT2D eigenvalue weighted by Crippen LogP contribution is -2.58. The van der Waals surface area contributed by atoms with Crippen LogP contribution in [0.15, 0.2) is 12.1 Å². The van der Waals surface area contributed by atoms with Crippen molar-refractivity contribution in [1.82, 2.24) is 9.80 Å². The van der Waals surface area contributed by atoms with Gasteiger partial charge in [-0.25, -0.2) is 0 Å². The van der Waals surface area contributed by atoms with Gasteiger partial charge in [-0.15, -0.1) is 12.4 Å². The summed E-state index contributed by atoms with van der Waals surface area (Å²) < 4.78 is 5.35. The fraction of sp³-hybridized carbons (Fsp3) is 0.588. The lowest BCUT2D eigenvalue weighted by Gasteiger charge is -2.49. The monoisotopic (exact) mass is 373 g/mol. The maximum atomic E-state index is 13.1. The van der Waals surface area contributed by atoms with E-state index in [1.165, 1.54) is 12.8 Å². The first kappa shape index (κ1) is 19.2. The van der Waals surface area contributed by atoms with Crippen LogP contribution in [0.4, 0.5) is 5.69 Å². The topological polar surface area (TPSA) is 58.8 Å². The molecule has 0 aromatic heterocycles. The SMILES string of the molecule is CCN(C(=O)c1cc(Cl)c(N)cc1OC)C1CN2CCC1CC2.Cl. The third-order valence-corrected chi connectivity index (χ3v) is 5.50. The normalized spacial score (nSPS) is 25.0. The molecular weight excluding hydrogens is 349 g/mol. The van der Waals surface area contributed by atoms with Crippen molar-refractivity contribution in [1.29, 1.82) is 0 Å². The molecule has 1 atom stereocenters. The van der Waals surface area contributed by atoms with Gasteiger partial charge in [-0.05, 0) is 44.8 Å². The molecule has 1 aromatic carbocycles. The van der Waals surface area contributed by atoms with Crippen molar-refractivity contribution in [2.24, 2.45) is 5.92 Å². The number of carbonyl (C=O) groups is 1. The molecule has 3 saturated heterocycles. The van der Waals surface area contributed by atoms with E-state index >= 15 is 0 Å². The van der Waals surface area contributed by atoms with Crippen LogP contribution in [0.3, 0.4) is 0 Å². The Balaban J connectivity index is 0.00000208. The number of hydrogen-bond acceptors (Lipinski definition) is 4. The van der Waals surface area contributed by atoms with E-state index in [-0.39, 0.29) is 24.4 Å². The predicted octanol–water partition coefficient (Wildman–Crippen LogP) is 2.91. The number of hydrogen-bond donors (Lipinski definition) is 1. The first-order chi connectivity index (χ1) is 11.0. The molecule has 0 aliphatic carbocycles. The van der Waals surface area contributed by atoms with Crippen LogP contribution in [-0.4, -0.2) is 55.0 Å². The van der Waals surface area contributed by atoms with Crippen LogP contribution >= 0.6 is 24.0 Å². The van der Waals surface area contributed by atoms with Crippen LogP contribution in [0.2, 0.25) is 5.02 Å². The van der Waals surface area contributed by atoms with Gasteiger partial charge in [-0.2, -0.15) is 0 Å². The van der Waals surface area contributed by atoms with Crippen LogP contribution < -0.4 is 10.5 Å². The third kappa shape index (κ3) is 3.44. The van der Waals surface area contributed by atoms with E-state index in [1.807, 2.05) is 11.8 Å². The molecule has 7 heteroatoms. The van der Waals surface area contributed by atoms with Gasteiger partial charge in [0.15, 0.2) is 0 Å². The number of likely N-dealkylation sites (N-methyl/N-ethyl adjacent to an activating group) is 1. The van der Waals surface area contributed by atoms with Gasteiger partial charge < -0.3 is 20.3 Å². The van der Waals surface area contributed by atoms with E-state index in [2.05, 4.69) is 4.90 Å². The highest BCUT2D eigenvalue weighted by Crippen LogP contribution is 2.34. The smallest absolute Gasteiger partial charge is 0.257 e. The van der Waals surface area contributed by atoms with E-state index in [0.29, 0.717) is 34.5 Å². The van der Waals surface area contributed by atoms with Gasteiger partial charge >= 0.3 is 0 Å². The largest absolute Gasteiger partial charge is 0.496 e. The van der Waals surface area contributed by atoms with E-state index in [1.54, 1.807) is 19.2 Å². The number of anilines is 1. The van der Waals surface area contributed by atoms with Crippen LogP contribution in [0.1, 0.15) is 30.1 Å². The summed E-state index contributed by atoms with van der Waals surface area (Å²) in [6.45, 7) is 5.99. The van der Waals surface area contributed by atoms with E-state index in [9.17, 15) is 4.79 Å². The Bertz CT molecular complexity index is 604. The number of methoxy groups -OCH3 is 1. The lowest BCUT2D eigenvalue weighted by molar-refractivity contribution is 0.00908.